The second-order valence-electron chi connectivity index (χ2n) is 8.97. The minimum Gasteiger partial charge on any atom is -0.491 e. The smallest absolute Gasteiger partial charge is 0.140 e. The third-order valence-corrected chi connectivity index (χ3v) is 6.89. The van der Waals surface area contributed by atoms with Crippen molar-refractivity contribution in [2.24, 2.45) is 0 Å². The number of rotatable bonds is 7. The van der Waals surface area contributed by atoms with Gasteiger partial charge in [0.15, 0.2) is 0 Å². The van der Waals surface area contributed by atoms with E-state index >= 15 is 0 Å². The van der Waals surface area contributed by atoms with Gasteiger partial charge in [0.2, 0.25) is 0 Å². The van der Waals surface area contributed by atoms with Crippen molar-refractivity contribution in [3.05, 3.63) is 95.1 Å². The number of fused-ring (bicyclic) bond motifs is 1. The molecule has 1 saturated heterocycles. The predicted molar refractivity (Wildman–Crippen MR) is 142 cm³/mol. The molecule has 1 aliphatic rings. The van der Waals surface area contributed by atoms with E-state index in [1.54, 1.807) is 0 Å². The number of piperidine rings is 1. The van der Waals surface area contributed by atoms with Gasteiger partial charge in [0.1, 0.15) is 12.4 Å². The number of para-hydroxylation sites is 1. The maximum Gasteiger partial charge on any atom is 0.140 e. The first-order chi connectivity index (χ1) is 16.7. The van der Waals surface area contributed by atoms with Crippen LogP contribution in [0.4, 0.5) is 11.4 Å². The minimum atomic E-state index is 0.622. The average Bonchev–Trinajstić information content (AvgIpc) is 2.87. The summed E-state index contributed by atoms with van der Waals surface area (Å²) in [5.74, 6) is 1.38. The maximum absolute atomic E-state index is 6.45. The molecule has 3 aromatic carbocycles. The van der Waals surface area contributed by atoms with Crippen LogP contribution in [0.25, 0.3) is 10.9 Å². The van der Waals surface area contributed by atoms with Crippen LogP contribution in [0.2, 0.25) is 5.02 Å². The quantitative estimate of drug-likeness (QED) is 0.309. The van der Waals surface area contributed by atoms with Crippen molar-refractivity contribution in [2.45, 2.75) is 25.7 Å². The normalized spacial score (nSPS) is 14.9. The van der Waals surface area contributed by atoms with E-state index in [0.29, 0.717) is 23.3 Å². The van der Waals surface area contributed by atoms with Crippen LogP contribution in [0, 0.1) is 6.92 Å². The summed E-state index contributed by atoms with van der Waals surface area (Å²) in [4.78, 5) is 7.11. The minimum absolute atomic E-state index is 0.622. The number of benzene rings is 3. The molecule has 0 spiro atoms. The largest absolute Gasteiger partial charge is 0.491 e. The van der Waals surface area contributed by atoms with Gasteiger partial charge in [-0.2, -0.15) is 0 Å². The van der Waals surface area contributed by atoms with E-state index in [0.717, 1.165) is 47.6 Å². The Morgan fingerprint density at radius 1 is 0.971 bits per heavy atom. The van der Waals surface area contributed by atoms with E-state index < -0.39 is 0 Å². The number of aromatic nitrogens is 1. The number of aryl methyl sites for hydroxylation is 1. The van der Waals surface area contributed by atoms with Gasteiger partial charge in [-0.1, -0.05) is 60.1 Å². The second-order valence-corrected chi connectivity index (χ2v) is 9.38. The number of nitrogens with one attached hydrogen (secondary N) is 1. The molecule has 1 aromatic heterocycles. The first-order valence-corrected chi connectivity index (χ1v) is 12.4. The number of hydrogen-bond donors (Lipinski definition) is 1. The van der Waals surface area contributed by atoms with Crippen molar-refractivity contribution >= 4 is 33.9 Å². The van der Waals surface area contributed by atoms with Crippen LogP contribution in [0.3, 0.4) is 0 Å². The summed E-state index contributed by atoms with van der Waals surface area (Å²) in [6, 6.07) is 26.9. The molecule has 0 radical (unpaired) electrons. The Balaban J connectivity index is 1.18. The average molecular weight is 472 g/mol. The lowest BCUT2D eigenvalue weighted by Crippen LogP contribution is -2.35. The van der Waals surface area contributed by atoms with Gasteiger partial charge in [-0.05, 0) is 68.6 Å². The molecule has 0 saturated carbocycles. The topological polar surface area (TPSA) is 37.4 Å². The zero-order valence-corrected chi connectivity index (χ0v) is 20.3. The molecule has 5 heteroatoms. The van der Waals surface area contributed by atoms with E-state index in [9.17, 15) is 0 Å². The van der Waals surface area contributed by atoms with E-state index in [4.69, 9.17) is 16.3 Å². The highest BCUT2D eigenvalue weighted by atomic mass is 35.5. The lowest BCUT2D eigenvalue weighted by atomic mass is 9.89. The summed E-state index contributed by atoms with van der Waals surface area (Å²) in [5.41, 5.74) is 5.39. The molecule has 2 heterocycles. The fourth-order valence-electron chi connectivity index (χ4n) is 4.76. The zero-order chi connectivity index (χ0) is 23.3. The molecule has 0 unspecified atom stereocenters. The number of hydrogen-bond acceptors (Lipinski definition) is 4. The van der Waals surface area contributed by atoms with Gasteiger partial charge in [0.05, 0.1) is 10.5 Å². The lowest BCUT2D eigenvalue weighted by molar-refractivity contribution is 0.173. The Kier molecular flexibility index (Phi) is 6.98. The summed E-state index contributed by atoms with van der Waals surface area (Å²) in [6.07, 6.45) is 2.40. The number of ether oxygens (including phenoxy) is 1. The molecule has 0 amide bonds. The van der Waals surface area contributed by atoms with Crippen LogP contribution in [0.15, 0.2) is 78.9 Å². The summed E-state index contributed by atoms with van der Waals surface area (Å²) >= 11 is 6.45. The van der Waals surface area contributed by atoms with Crippen molar-refractivity contribution < 1.29 is 4.74 Å². The summed E-state index contributed by atoms with van der Waals surface area (Å²) in [7, 11) is 0. The Hall–Kier alpha value is -3.08. The summed E-state index contributed by atoms with van der Waals surface area (Å²) < 4.78 is 6.11. The third-order valence-electron chi connectivity index (χ3n) is 6.58. The van der Waals surface area contributed by atoms with Crippen molar-refractivity contribution in [3.8, 4) is 5.75 Å². The molecule has 4 nitrogen and oxygen atoms in total. The van der Waals surface area contributed by atoms with Gasteiger partial charge in [-0.3, -0.25) is 9.88 Å². The van der Waals surface area contributed by atoms with Crippen molar-refractivity contribution in [1.29, 1.82) is 0 Å². The van der Waals surface area contributed by atoms with Crippen molar-refractivity contribution in [2.75, 3.05) is 31.6 Å². The maximum atomic E-state index is 6.45. The standard InChI is InChI=1S/C29H30ClN3O/c1-21-19-28(25-9-5-6-10-27(25)31-21)32-24-11-12-26(30)29(20-24)34-18-17-33-15-13-23(14-16-33)22-7-3-2-4-8-22/h2-12,19-20,23H,13-18H2,1H3,(H,31,32). The molecular weight excluding hydrogens is 442 g/mol. The molecule has 1 aliphatic heterocycles. The molecular formula is C29H30ClN3O. The van der Waals surface area contributed by atoms with Crippen LogP contribution in [0.1, 0.15) is 30.0 Å². The first-order valence-electron chi connectivity index (χ1n) is 12.0. The van der Waals surface area contributed by atoms with Crippen LogP contribution in [-0.2, 0) is 0 Å². The number of halogens is 1. The first kappa shape index (κ1) is 22.7. The van der Waals surface area contributed by atoms with Gasteiger partial charge in [-0.15, -0.1) is 0 Å². The van der Waals surface area contributed by atoms with Crippen LogP contribution in [-0.4, -0.2) is 36.1 Å². The number of nitrogens with zero attached hydrogens (tertiary/aromatic N) is 2. The van der Waals surface area contributed by atoms with Crippen molar-refractivity contribution in [1.82, 2.24) is 9.88 Å². The Bertz CT molecular complexity index is 1250. The van der Waals surface area contributed by atoms with Crippen molar-refractivity contribution in [3.63, 3.8) is 0 Å². The van der Waals surface area contributed by atoms with Gasteiger partial charge in [-0.25, -0.2) is 0 Å². The molecule has 0 aliphatic carbocycles. The Morgan fingerprint density at radius 3 is 2.56 bits per heavy atom. The van der Waals surface area contributed by atoms with Crippen LogP contribution in [0.5, 0.6) is 5.75 Å². The second kappa shape index (κ2) is 10.5. The number of anilines is 2. The molecule has 1 fully saturated rings. The van der Waals surface area contributed by atoms with Crippen LogP contribution >= 0.6 is 11.6 Å². The van der Waals surface area contributed by atoms with Crippen LogP contribution < -0.4 is 10.1 Å². The highest BCUT2D eigenvalue weighted by Crippen LogP contribution is 2.32. The molecule has 34 heavy (non-hydrogen) atoms. The predicted octanol–water partition coefficient (Wildman–Crippen LogP) is 7.20. The zero-order valence-electron chi connectivity index (χ0n) is 19.5. The van der Waals surface area contributed by atoms with E-state index in [-0.39, 0.29) is 0 Å². The molecule has 0 atom stereocenters. The van der Waals surface area contributed by atoms with Gasteiger partial charge < -0.3 is 10.1 Å². The fraction of sp³-hybridized carbons (Fsp3) is 0.276. The summed E-state index contributed by atoms with van der Waals surface area (Å²) in [5, 5.41) is 5.24. The highest BCUT2D eigenvalue weighted by Gasteiger charge is 2.20. The lowest BCUT2D eigenvalue weighted by Gasteiger charge is -2.32. The third kappa shape index (κ3) is 5.35. The van der Waals surface area contributed by atoms with E-state index in [2.05, 4.69) is 57.7 Å². The van der Waals surface area contributed by atoms with E-state index in [1.807, 2.05) is 43.3 Å². The molecule has 4 aromatic rings. The monoisotopic (exact) mass is 471 g/mol. The highest BCUT2D eigenvalue weighted by molar-refractivity contribution is 6.32. The fourth-order valence-corrected chi connectivity index (χ4v) is 4.93. The molecule has 0 bridgehead atoms. The van der Waals surface area contributed by atoms with E-state index in [1.165, 1.54) is 18.4 Å². The van der Waals surface area contributed by atoms with Gasteiger partial charge >= 0.3 is 0 Å². The SMILES string of the molecule is Cc1cc(Nc2ccc(Cl)c(OCCN3CCC(c4ccccc4)CC3)c2)c2ccccc2n1. The summed E-state index contributed by atoms with van der Waals surface area (Å²) in [6.45, 7) is 5.75. The Morgan fingerprint density at radius 2 is 1.74 bits per heavy atom. The molecule has 5 rings (SSSR count). The number of pyridine rings is 1. The molecule has 1 N–H and O–H groups in total. The van der Waals surface area contributed by atoms with Gasteiger partial charge in [0, 0.05) is 35.1 Å². The Labute approximate surface area is 206 Å². The molecule has 174 valence electrons. The number of likely N-dealkylation sites (tertiary alicyclic amines) is 1. The van der Waals surface area contributed by atoms with Gasteiger partial charge in [0.25, 0.3) is 0 Å².